The molecular formula is C9H12N4O2. The molecule has 6 heteroatoms. The van der Waals surface area contributed by atoms with Crippen LogP contribution in [0.15, 0.2) is 18.5 Å². The molecular weight excluding hydrogens is 196 g/mol. The summed E-state index contributed by atoms with van der Waals surface area (Å²) in [5.41, 5.74) is 0.844. The number of nitrogens with zero attached hydrogens (tertiary/aromatic N) is 3. The molecule has 0 bridgehead atoms. The number of aromatic nitrogens is 1. The molecule has 0 radical (unpaired) electrons. The van der Waals surface area contributed by atoms with Crippen molar-refractivity contribution >= 4 is 5.69 Å². The predicted molar refractivity (Wildman–Crippen MR) is 53.8 cm³/mol. The van der Waals surface area contributed by atoms with Crippen LogP contribution in [0.25, 0.3) is 0 Å². The van der Waals surface area contributed by atoms with Crippen LogP contribution in [-0.2, 0) is 0 Å². The molecule has 2 N–H and O–H groups in total. The van der Waals surface area contributed by atoms with Crippen molar-refractivity contribution in [3.8, 4) is 0 Å². The lowest BCUT2D eigenvalue weighted by Gasteiger charge is -2.18. The summed E-state index contributed by atoms with van der Waals surface area (Å²) < 4.78 is 0. The van der Waals surface area contributed by atoms with E-state index in [1.807, 2.05) is 0 Å². The van der Waals surface area contributed by atoms with Gasteiger partial charge in [0.25, 0.3) is 5.69 Å². The van der Waals surface area contributed by atoms with Crippen molar-refractivity contribution in [3.63, 3.8) is 0 Å². The Hall–Kier alpha value is -1.53. The monoisotopic (exact) mass is 208 g/mol. The van der Waals surface area contributed by atoms with Crippen LogP contribution in [0, 0.1) is 10.1 Å². The zero-order valence-electron chi connectivity index (χ0n) is 8.17. The summed E-state index contributed by atoms with van der Waals surface area (Å²) in [7, 11) is 0. The highest BCUT2D eigenvalue weighted by Gasteiger charge is 2.24. The third-order valence-electron chi connectivity index (χ3n) is 2.63. The maximum absolute atomic E-state index is 10.6. The van der Waals surface area contributed by atoms with Crippen molar-refractivity contribution in [1.29, 1.82) is 0 Å². The van der Waals surface area contributed by atoms with E-state index in [9.17, 15) is 10.1 Å². The van der Waals surface area contributed by atoms with Crippen LogP contribution in [0.1, 0.15) is 24.4 Å². The molecule has 1 aliphatic heterocycles. The van der Waals surface area contributed by atoms with Gasteiger partial charge in [-0.1, -0.05) is 0 Å². The van der Waals surface area contributed by atoms with Gasteiger partial charge in [0, 0.05) is 18.8 Å². The topological polar surface area (TPSA) is 85.3 Å². The van der Waals surface area contributed by atoms with Crippen LogP contribution in [-0.4, -0.2) is 21.5 Å². The van der Waals surface area contributed by atoms with Crippen molar-refractivity contribution in [2.24, 2.45) is 5.84 Å². The molecule has 0 spiro atoms. The SMILES string of the molecule is NN1CCC[C@H]1c1cncc([N+](=O)[O-])c1. The molecule has 1 atom stereocenters. The molecule has 0 aromatic carbocycles. The van der Waals surface area contributed by atoms with E-state index in [1.54, 1.807) is 17.3 Å². The Bertz CT molecular complexity index is 382. The molecule has 1 saturated heterocycles. The minimum atomic E-state index is -0.438. The molecule has 1 fully saturated rings. The van der Waals surface area contributed by atoms with Gasteiger partial charge in [0.1, 0.15) is 6.20 Å². The summed E-state index contributed by atoms with van der Waals surface area (Å²) in [5.74, 6) is 5.77. The smallest absolute Gasteiger partial charge is 0.268 e. The lowest BCUT2D eigenvalue weighted by molar-refractivity contribution is -0.385. The predicted octanol–water partition coefficient (Wildman–Crippen LogP) is 1.00. The number of hydrogen-bond donors (Lipinski definition) is 1. The Morgan fingerprint density at radius 1 is 1.60 bits per heavy atom. The Kier molecular flexibility index (Phi) is 2.61. The summed E-state index contributed by atoms with van der Waals surface area (Å²) in [6.07, 6.45) is 4.84. The molecule has 0 aliphatic carbocycles. The van der Waals surface area contributed by atoms with Crippen molar-refractivity contribution < 1.29 is 4.92 Å². The second kappa shape index (κ2) is 3.92. The van der Waals surface area contributed by atoms with E-state index in [2.05, 4.69) is 4.98 Å². The normalized spacial score (nSPS) is 21.8. The lowest BCUT2D eigenvalue weighted by Crippen LogP contribution is -2.30. The Morgan fingerprint density at radius 2 is 2.40 bits per heavy atom. The van der Waals surface area contributed by atoms with Gasteiger partial charge in [-0.15, -0.1) is 0 Å². The summed E-state index contributed by atoms with van der Waals surface area (Å²) >= 11 is 0. The molecule has 80 valence electrons. The number of hydrogen-bond acceptors (Lipinski definition) is 5. The molecule has 0 unspecified atom stereocenters. The molecule has 15 heavy (non-hydrogen) atoms. The van der Waals surface area contributed by atoms with Crippen molar-refractivity contribution in [1.82, 2.24) is 9.99 Å². The largest absolute Gasteiger partial charge is 0.287 e. The molecule has 1 aromatic heterocycles. The van der Waals surface area contributed by atoms with Crippen LogP contribution in [0.2, 0.25) is 0 Å². The van der Waals surface area contributed by atoms with E-state index in [0.717, 1.165) is 24.9 Å². The van der Waals surface area contributed by atoms with Crippen molar-refractivity contribution in [3.05, 3.63) is 34.1 Å². The van der Waals surface area contributed by atoms with Gasteiger partial charge in [-0.3, -0.25) is 20.9 Å². The molecule has 0 amide bonds. The average molecular weight is 208 g/mol. The third kappa shape index (κ3) is 1.95. The highest BCUT2D eigenvalue weighted by molar-refractivity contribution is 5.31. The van der Waals surface area contributed by atoms with Gasteiger partial charge in [-0.2, -0.15) is 0 Å². The fraction of sp³-hybridized carbons (Fsp3) is 0.444. The van der Waals surface area contributed by atoms with Crippen LogP contribution in [0.4, 0.5) is 5.69 Å². The number of pyridine rings is 1. The molecule has 1 aliphatic rings. The number of hydrazine groups is 1. The highest BCUT2D eigenvalue weighted by atomic mass is 16.6. The summed E-state index contributed by atoms with van der Waals surface area (Å²) in [6.45, 7) is 0.827. The fourth-order valence-corrected chi connectivity index (χ4v) is 1.87. The van der Waals surface area contributed by atoms with Gasteiger partial charge in [-0.25, -0.2) is 5.01 Å². The molecule has 6 nitrogen and oxygen atoms in total. The summed E-state index contributed by atoms with van der Waals surface area (Å²) in [5, 5.41) is 12.3. The van der Waals surface area contributed by atoms with Gasteiger partial charge in [-0.05, 0) is 18.4 Å². The van der Waals surface area contributed by atoms with Gasteiger partial charge in [0.2, 0.25) is 0 Å². The van der Waals surface area contributed by atoms with E-state index in [-0.39, 0.29) is 11.7 Å². The standard InChI is InChI=1S/C9H12N4O2/c10-12-3-1-2-9(12)7-4-8(13(14)15)6-11-5-7/h4-6,9H,1-3,10H2/t9-/m0/s1. The first-order valence-corrected chi connectivity index (χ1v) is 4.79. The zero-order chi connectivity index (χ0) is 10.8. The quantitative estimate of drug-likeness (QED) is 0.445. The first-order chi connectivity index (χ1) is 7.18. The molecule has 1 aromatic rings. The van der Waals surface area contributed by atoms with Crippen LogP contribution < -0.4 is 5.84 Å². The van der Waals surface area contributed by atoms with E-state index in [4.69, 9.17) is 5.84 Å². The van der Waals surface area contributed by atoms with Crippen LogP contribution in [0.5, 0.6) is 0 Å². The first-order valence-electron chi connectivity index (χ1n) is 4.79. The maximum atomic E-state index is 10.6. The van der Waals surface area contributed by atoms with Crippen molar-refractivity contribution in [2.45, 2.75) is 18.9 Å². The summed E-state index contributed by atoms with van der Waals surface area (Å²) in [4.78, 5) is 14.0. The Morgan fingerprint density at radius 3 is 3.00 bits per heavy atom. The fourth-order valence-electron chi connectivity index (χ4n) is 1.87. The second-order valence-electron chi connectivity index (χ2n) is 3.63. The van der Waals surface area contributed by atoms with Gasteiger partial charge in [0.15, 0.2) is 0 Å². The van der Waals surface area contributed by atoms with Crippen LogP contribution in [0.3, 0.4) is 0 Å². The summed E-state index contributed by atoms with van der Waals surface area (Å²) in [6, 6.07) is 1.61. The molecule has 0 saturated carbocycles. The second-order valence-corrected chi connectivity index (χ2v) is 3.63. The number of nitrogens with two attached hydrogens (primary N) is 1. The Balaban J connectivity index is 2.28. The minimum Gasteiger partial charge on any atom is -0.268 e. The Labute approximate surface area is 86.8 Å². The van der Waals surface area contributed by atoms with E-state index >= 15 is 0 Å². The van der Waals surface area contributed by atoms with Gasteiger partial charge < -0.3 is 0 Å². The first kappa shape index (κ1) is 10.0. The lowest BCUT2D eigenvalue weighted by atomic mass is 10.1. The highest BCUT2D eigenvalue weighted by Crippen LogP contribution is 2.29. The van der Waals surface area contributed by atoms with Crippen LogP contribution >= 0.6 is 0 Å². The number of rotatable bonds is 2. The zero-order valence-corrected chi connectivity index (χ0v) is 8.17. The maximum Gasteiger partial charge on any atom is 0.287 e. The van der Waals surface area contributed by atoms with E-state index in [1.165, 1.54) is 6.20 Å². The van der Waals surface area contributed by atoms with E-state index < -0.39 is 4.92 Å². The van der Waals surface area contributed by atoms with Gasteiger partial charge in [0.05, 0.1) is 11.0 Å². The molecule has 2 rings (SSSR count). The van der Waals surface area contributed by atoms with Gasteiger partial charge >= 0.3 is 0 Å². The minimum absolute atomic E-state index is 0.0211. The van der Waals surface area contributed by atoms with E-state index in [0.29, 0.717) is 0 Å². The third-order valence-corrected chi connectivity index (χ3v) is 2.63. The number of nitro groups is 1. The van der Waals surface area contributed by atoms with Crippen molar-refractivity contribution in [2.75, 3.05) is 6.54 Å². The molecule has 2 heterocycles. The average Bonchev–Trinajstić information content (AvgIpc) is 2.64.